The molecule has 0 atom stereocenters. The number of ether oxygens (including phenoxy) is 3. The molecule has 3 N–H and O–H groups in total. The number of aryl methyl sites for hydroxylation is 2. The van der Waals surface area contributed by atoms with E-state index < -0.39 is 6.03 Å². The Balaban J connectivity index is 1.93. The second-order valence-electron chi connectivity index (χ2n) is 6.29. The summed E-state index contributed by atoms with van der Waals surface area (Å²) in [6, 6.07) is 8.66. The number of amides is 2. The van der Waals surface area contributed by atoms with Crippen molar-refractivity contribution in [1.29, 1.82) is 0 Å². The van der Waals surface area contributed by atoms with Gasteiger partial charge < -0.3 is 19.9 Å². The summed E-state index contributed by atoms with van der Waals surface area (Å²) >= 11 is 6.34. The number of primary amides is 1. The number of hydrogen-bond donors (Lipinski definition) is 2. The summed E-state index contributed by atoms with van der Waals surface area (Å²) in [6.07, 6.45) is 2.10. The minimum atomic E-state index is -0.750. The van der Waals surface area contributed by atoms with E-state index in [0.717, 1.165) is 5.75 Å². The molecule has 0 aliphatic carbocycles. The predicted octanol–water partition coefficient (Wildman–Crippen LogP) is 4.21. The summed E-state index contributed by atoms with van der Waals surface area (Å²) in [5.41, 5.74) is 10.2. The van der Waals surface area contributed by atoms with Crippen LogP contribution < -0.4 is 25.4 Å². The van der Waals surface area contributed by atoms with Crippen LogP contribution in [-0.4, -0.2) is 32.1 Å². The minimum Gasteiger partial charge on any atom is -0.493 e. The second-order valence-corrected chi connectivity index (χ2v) is 6.70. The average molecular weight is 420 g/mol. The summed E-state index contributed by atoms with van der Waals surface area (Å²) < 4.78 is 17.2. The van der Waals surface area contributed by atoms with E-state index in [0.29, 0.717) is 48.3 Å². The van der Waals surface area contributed by atoms with Crippen LogP contribution in [-0.2, 0) is 0 Å². The molecule has 29 heavy (non-hydrogen) atoms. The molecule has 0 spiro atoms. The molecule has 7 nitrogen and oxygen atoms in total. The molecule has 0 fully saturated rings. The van der Waals surface area contributed by atoms with Gasteiger partial charge in [0.2, 0.25) is 0 Å². The molecule has 2 aromatic rings. The number of hydrazone groups is 1. The zero-order chi connectivity index (χ0) is 21.2. The SMILES string of the molecule is CCOc1cc(/C=N\NC(N)=O)cc(Cl)c1OCCCOc1ccc(C)c(C)c1. The Bertz CT molecular complexity index is 871. The van der Waals surface area contributed by atoms with Gasteiger partial charge in [0.1, 0.15) is 5.75 Å². The molecular formula is C21H26ClN3O4. The Morgan fingerprint density at radius 3 is 2.59 bits per heavy atom. The van der Waals surface area contributed by atoms with Crippen LogP contribution in [0.15, 0.2) is 35.4 Å². The standard InChI is InChI=1S/C21H26ClN3O4/c1-4-27-19-12-16(13-24-25-21(23)26)11-18(22)20(19)29-9-5-8-28-17-7-6-14(2)15(3)10-17/h6-7,10-13H,4-5,8-9H2,1-3H3,(H3,23,25,26)/b24-13-. The van der Waals surface area contributed by atoms with Crippen molar-refractivity contribution in [2.75, 3.05) is 19.8 Å². The van der Waals surface area contributed by atoms with Crippen LogP contribution in [0.2, 0.25) is 5.02 Å². The summed E-state index contributed by atoms with van der Waals surface area (Å²) in [5, 5.41) is 4.10. The van der Waals surface area contributed by atoms with Crippen LogP contribution in [0.4, 0.5) is 4.79 Å². The number of benzene rings is 2. The lowest BCUT2D eigenvalue weighted by molar-refractivity contribution is 0.236. The van der Waals surface area contributed by atoms with Gasteiger partial charge in [-0.1, -0.05) is 17.7 Å². The van der Waals surface area contributed by atoms with Gasteiger partial charge in [-0.25, -0.2) is 10.2 Å². The summed E-state index contributed by atoms with van der Waals surface area (Å²) in [5.74, 6) is 1.80. The van der Waals surface area contributed by atoms with Crippen molar-refractivity contribution in [3.05, 3.63) is 52.0 Å². The molecule has 0 unspecified atom stereocenters. The van der Waals surface area contributed by atoms with Gasteiger partial charge in [0.25, 0.3) is 0 Å². The lowest BCUT2D eigenvalue weighted by Crippen LogP contribution is -2.24. The Kier molecular flexibility index (Phi) is 8.61. The highest BCUT2D eigenvalue weighted by Crippen LogP contribution is 2.36. The van der Waals surface area contributed by atoms with Crippen molar-refractivity contribution < 1.29 is 19.0 Å². The monoisotopic (exact) mass is 419 g/mol. The van der Waals surface area contributed by atoms with Gasteiger partial charge in [0, 0.05) is 6.42 Å². The maximum atomic E-state index is 10.7. The molecule has 0 saturated heterocycles. The van der Waals surface area contributed by atoms with Crippen molar-refractivity contribution in [2.45, 2.75) is 27.2 Å². The number of rotatable bonds is 10. The Labute approximate surface area is 175 Å². The van der Waals surface area contributed by atoms with E-state index in [1.807, 2.05) is 25.1 Å². The number of nitrogens with zero attached hydrogens (tertiary/aromatic N) is 1. The maximum Gasteiger partial charge on any atom is 0.332 e. The molecule has 0 aliphatic heterocycles. The molecule has 0 bridgehead atoms. The van der Waals surface area contributed by atoms with E-state index in [9.17, 15) is 4.79 Å². The fourth-order valence-electron chi connectivity index (χ4n) is 2.46. The maximum absolute atomic E-state index is 10.7. The van der Waals surface area contributed by atoms with Crippen molar-refractivity contribution in [3.8, 4) is 17.2 Å². The summed E-state index contributed by atoms with van der Waals surface area (Å²) in [7, 11) is 0. The van der Waals surface area contributed by atoms with Crippen molar-refractivity contribution >= 4 is 23.8 Å². The van der Waals surface area contributed by atoms with Crippen LogP contribution in [0.3, 0.4) is 0 Å². The molecule has 2 aromatic carbocycles. The lowest BCUT2D eigenvalue weighted by Gasteiger charge is -2.14. The van der Waals surface area contributed by atoms with Crippen LogP contribution >= 0.6 is 11.6 Å². The molecule has 156 valence electrons. The highest BCUT2D eigenvalue weighted by Gasteiger charge is 2.12. The van der Waals surface area contributed by atoms with Gasteiger partial charge in [0.05, 0.1) is 31.1 Å². The largest absolute Gasteiger partial charge is 0.493 e. The first kappa shape index (κ1) is 22.4. The van der Waals surface area contributed by atoms with Gasteiger partial charge in [-0.2, -0.15) is 5.10 Å². The third kappa shape index (κ3) is 7.19. The van der Waals surface area contributed by atoms with Crippen LogP contribution in [0.25, 0.3) is 0 Å². The zero-order valence-electron chi connectivity index (χ0n) is 16.8. The number of nitrogens with one attached hydrogen (secondary N) is 1. The van der Waals surface area contributed by atoms with E-state index in [1.165, 1.54) is 17.3 Å². The number of hydrogen-bond acceptors (Lipinski definition) is 5. The molecule has 0 aromatic heterocycles. The van der Waals surface area contributed by atoms with E-state index in [4.69, 9.17) is 31.5 Å². The number of carbonyl (C=O) groups is 1. The number of urea groups is 1. The van der Waals surface area contributed by atoms with E-state index in [-0.39, 0.29) is 0 Å². The summed E-state index contributed by atoms with van der Waals surface area (Å²) in [6.45, 7) is 7.38. The van der Waals surface area contributed by atoms with Gasteiger partial charge in [-0.3, -0.25) is 0 Å². The van der Waals surface area contributed by atoms with E-state index in [1.54, 1.807) is 12.1 Å². The zero-order valence-corrected chi connectivity index (χ0v) is 17.6. The Hall–Kier alpha value is -2.93. The predicted molar refractivity (Wildman–Crippen MR) is 114 cm³/mol. The number of nitrogens with two attached hydrogens (primary N) is 1. The third-order valence-electron chi connectivity index (χ3n) is 4.00. The Morgan fingerprint density at radius 2 is 1.90 bits per heavy atom. The van der Waals surface area contributed by atoms with Crippen LogP contribution in [0.5, 0.6) is 17.2 Å². The first-order valence-electron chi connectivity index (χ1n) is 9.28. The van der Waals surface area contributed by atoms with Crippen LogP contribution in [0, 0.1) is 13.8 Å². The van der Waals surface area contributed by atoms with E-state index >= 15 is 0 Å². The molecule has 0 heterocycles. The highest BCUT2D eigenvalue weighted by atomic mass is 35.5. The molecule has 0 radical (unpaired) electrons. The smallest absolute Gasteiger partial charge is 0.332 e. The summed E-state index contributed by atoms with van der Waals surface area (Å²) in [4.78, 5) is 10.7. The van der Waals surface area contributed by atoms with Gasteiger partial charge >= 0.3 is 6.03 Å². The van der Waals surface area contributed by atoms with Gasteiger partial charge in [0.15, 0.2) is 11.5 Å². The molecule has 2 amide bonds. The number of halogens is 1. The first-order chi connectivity index (χ1) is 13.9. The molecule has 0 saturated carbocycles. The molecule has 0 aliphatic rings. The molecular weight excluding hydrogens is 394 g/mol. The highest BCUT2D eigenvalue weighted by molar-refractivity contribution is 6.32. The normalized spacial score (nSPS) is 10.8. The first-order valence-corrected chi connectivity index (χ1v) is 9.66. The van der Waals surface area contributed by atoms with Crippen molar-refractivity contribution in [1.82, 2.24) is 5.43 Å². The molecule has 8 heteroatoms. The van der Waals surface area contributed by atoms with Gasteiger partial charge in [-0.15, -0.1) is 0 Å². The van der Waals surface area contributed by atoms with Crippen LogP contribution in [0.1, 0.15) is 30.0 Å². The number of carbonyl (C=O) groups excluding carboxylic acids is 1. The van der Waals surface area contributed by atoms with Crippen molar-refractivity contribution in [3.63, 3.8) is 0 Å². The van der Waals surface area contributed by atoms with Gasteiger partial charge in [-0.05, 0) is 61.7 Å². The fourth-order valence-corrected chi connectivity index (χ4v) is 2.74. The average Bonchev–Trinajstić information content (AvgIpc) is 2.66. The topological polar surface area (TPSA) is 95.2 Å². The van der Waals surface area contributed by atoms with Crippen molar-refractivity contribution in [2.24, 2.45) is 10.8 Å². The Morgan fingerprint density at radius 1 is 1.14 bits per heavy atom. The third-order valence-corrected chi connectivity index (χ3v) is 4.28. The quantitative estimate of drug-likeness (QED) is 0.342. The molecule has 2 rings (SSSR count). The fraction of sp³-hybridized carbons (Fsp3) is 0.333. The minimum absolute atomic E-state index is 0.381. The van der Waals surface area contributed by atoms with E-state index in [2.05, 4.69) is 24.4 Å². The second kappa shape index (κ2) is 11.2. The lowest BCUT2D eigenvalue weighted by atomic mass is 10.1.